The highest BCUT2D eigenvalue weighted by Gasteiger charge is 2.25. The van der Waals surface area contributed by atoms with Gasteiger partial charge in [-0.3, -0.25) is 5.01 Å². The van der Waals surface area contributed by atoms with Crippen molar-refractivity contribution < 1.29 is 23.8 Å². The summed E-state index contributed by atoms with van der Waals surface area (Å²) in [4.78, 5) is 23.6. The van der Waals surface area contributed by atoms with Gasteiger partial charge < -0.3 is 24.0 Å². The number of rotatable bonds is 9. The van der Waals surface area contributed by atoms with E-state index < -0.39 is 11.8 Å². The molecule has 0 radical (unpaired) electrons. The molecule has 13 heteroatoms. The highest BCUT2D eigenvalue weighted by atomic mass is 32.1. The lowest BCUT2D eigenvalue weighted by molar-refractivity contribution is -0.0592. The first-order chi connectivity index (χ1) is 19.5. The Hall–Kier alpha value is -4.54. The zero-order valence-corrected chi connectivity index (χ0v) is 22.1. The summed E-state index contributed by atoms with van der Waals surface area (Å²) in [5.41, 5.74) is 1.39. The number of anilines is 1. The van der Waals surface area contributed by atoms with Crippen LogP contribution >= 0.6 is 11.3 Å². The molecule has 2 aliphatic heterocycles. The van der Waals surface area contributed by atoms with Crippen molar-refractivity contribution in [1.82, 2.24) is 19.5 Å². The van der Waals surface area contributed by atoms with Crippen LogP contribution < -0.4 is 9.64 Å². The van der Waals surface area contributed by atoms with Crippen LogP contribution in [0.3, 0.4) is 0 Å². The molecule has 1 N–H and O–H groups in total. The lowest BCUT2D eigenvalue weighted by atomic mass is 10.1. The van der Waals surface area contributed by atoms with E-state index in [1.807, 2.05) is 32.7 Å². The molecule has 4 aromatic rings. The number of ether oxygens (including phenoxy) is 2. The van der Waals surface area contributed by atoms with Crippen molar-refractivity contribution in [3.05, 3.63) is 70.1 Å². The monoisotopic (exact) mass is 561 g/mol. The van der Waals surface area contributed by atoms with Gasteiger partial charge in [0, 0.05) is 24.8 Å². The Morgan fingerprint density at radius 2 is 2.12 bits per heavy atom. The van der Waals surface area contributed by atoms with E-state index in [9.17, 15) is 14.3 Å². The molecule has 3 aromatic heterocycles. The van der Waals surface area contributed by atoms with Crippen LogP contribution in [-0.4, -0.2) is 62.8 Å². The summed E-state index contributed by atoms with van der Waals surface area (Å²) >= 11 is 1.17. The van der Waals surface area contributed by atoms with Crippen LogP contribution in [-0.2, 0) is 24.4 Å². The van der Waals surface area contributed by atoms with Crippen molar-refractivity contribution in [3.8, 4) is 11.9 Å². The van der Waals surface area contributed by atoms with E-state index in [-0.39, 0.29) is 23.2 Å². The molecule has 1 aromatic carbocycles. The van der Waals surface area contributed by atoms with Gasteiger partial charge in [-0.1, -0.05) is 12.1 Å². The average molecular weight is 562 g/mol. The van der Waals surface area contributed by atoms with Gasteiger partial charge in [-0.05, 0) is 30.7 Å². The Morgan fingerprint density at radius 1 is 1.25 bits per heavy atom. The Morgan fingerprint density at radius 3 is 2.83 bits per heavy atom. The molecule has 0 unspecified atom stereocenters. The number of hydrogen-bond acceptors (Lipinski definition) is 10. The smallest absolute Gasteiger partial charge is 0.346 e. The number of halogens is 1. The molecule has 0 saturated carbocycles. The number of carboxylic acids is 1. The minimum absolute atomic E-state index is 0.0141. The van der Waals surface area contributed by atoms with Gasteiger partial charge in [-0.2, -0.15) is 15.3 Å². The molecule has 0 spiro atoms. The number of aromatic carboxylic acids is 1. The molecule has 40 heavy (non-hydrogen) atoms. The van der Waals surface area contributed by atoms with Crippen molar-refractivity contribution in [2.24, 2.45) is 5.10 Å². The van der Waals surface area contributed by atoms with Crippen LogP contribution in [0.4, 0.5) is 10.2 Å². The van der Waals surface area contributed by atoms with E-state index >= 15 is 0 Å². The van der Waals surface area contributed by atoms with Crippen LogP contribution in [0, 0.1) is 17.1 Å². The number of nitrogens with zero attached hydrogens (tertiary/aromatic N) is 7. The van der Waals surface area contributed by atoms with Gasteiger partial charge in [0.05, 0.1) is 42.9 Å². The number of benzene rings is 1. The minimum Gasteiger partial charge on any atom is -0.477 e. The predicted molar refractivity (Wildman–Crippen MR) is 145 cm³/mol. The van der Waals surface area contributed by atoms with Crippen LogP contribution in [0.15, 0.2) is 47.6 Å². The fourth-order valence-electron chi connectivity index (χ4n) is 4.48. The Bertz CT molecular complexity index is 1640. The second-order valence-corrected chi connectivity index (χ2v) is 10.4. The highest BCUT2D eigenvalue weighted by Crippen LogP contribution is 2.29. The predicted octanol–water partition coefficient (Wildman–Crippen LogP) is 3.84. The molecule has 1 atom stereocenters. The lowest BCUT2D eigenvalue weighted by Gasteiger charge is -2.30. The number of hydrogen-bond donors (Lipinski definition) is 1. The van der Waals surface area contributed by atoms with Crippen molar-refractivity contribution in [1.29, 1.82) is 5.26 Å². The van der Waals surface area contributed by atoms with E-state index in [2.05, 4.69) is 10.1 Å². The van der Waals surface area contributed by atoms with Gasteiger partial charge in [0.25, 0.3) is 0 Å². The molecular weight excluding hydrogens is 537 g/mol. The van der Waals surface area contributed by atoms with Gasteiger partial charge in [-0.15, -0.1) is 11.3 Å². The van der Waals surface area contributed by atoms with Gasteiger partial charge in [0.15, 0.2) is 0 Å². The standard InChI is InChI=1S/C27H24FN7O4S/c28-20-10-17(12-29)4-5-18(20)15-39-25-3-1-2-23(31-25)33-7-8-34(30-16-33)14-24-32-26-21(11-22(40-26)27(36)37)35(24)13-19-6-9-38-19/h1-5,10-11,16,19H,6-9,13-15H2,(H,36,37)/t19-/m0/s1. The summed E-state index contributed by atoms with van der Waals surface area (Å²) < 4.78 is 27.6. The van der Waals surface area contributed by atoms with Gasteiger partial charge in [0.2, 0.25) is 5.88 Å². The van der Waals surface area contributed by atoms with Crippen LogP contribution in [0.1, 0.15) is 33.0 Å². The van der Waals surface area contributed by atoms with E-state index in [0.29, 0.717) is 48.3 Å². The maximum absolute atomic E-state index is 14.2. The van der Waals surface area contributed by atoms with Crippen LogP contribution in [0.2, 0.25) is 0 Å². The van der Waals surface area contributed by atoms with E-state index in [1.165, 1.54) is 23.5 Å². The minimum atomic E-state index is -0.957. The molecule has 2 aliphatic rings. The summed E-state index contributed by atoms with van der Waals surface area (Å²) in [6, 6.07) is 13.2. The molecule has 11 nitrogen and oxygen atoms in total. The number of imidazole rings is 1. The molecule has 204 valence electrons. The fraction of sp³-hybridized carbons (Fsp3) is 0.296. The summed E-state index contributed by atoms with van der Waals surface area (Å²) in [5, 5.41) is 24.8. The molecule has 1 fully saturated rings. The number of nitriles is 1. The zero-order valence-electron chi connectivity index (χ0n) is 21.2. The summed E-state index contributed by atoms with van der Waals surface area (Å²) in [7, 11) is 0. The molecule has 0 aliphatic carbocycles. The van der Waals surface area contributed by atoms with E-state index in [0.717, 1.165) is 24.4 Å². The second kappa shape index (κ2) is 10.9. The van der Waals surface area contributed by atoms with Crippen molar-refractivity contribution in [2.45, 2.75) is 32.2 Å². The van der Waals surface area contributed by atoms with Gasteiger partial charge in [-0.25, -0.2) is 14.2 Å². The largest absolute Gasteiger partial charge is 0.477 e. The molecule has 0 amide bonds. The zero-order chi connectivity index (χ0) is 27.6. The SMILES string of the molecule is N#Cc1ccc(COc2cccc(N3C=NN(Cc4nc5sc(C(=O)O)cc5n4C[C@@H]4CCO4)CC3)n2)c(F)c1. The Labute approximate surface area is 232 Å². The third kappa shape index (κ3) is 5.31. The number of hydrazone groups is 1. The third-order valence-corrected chi connectivity index (χ3v) is 7.76. The summed E-state index contributed by atoms with van der Waals surface area (Å²) in [6.45, 7) is 3.04. The van der Waals surface area contributed by atoms with Crippen LogP contribution in [0.25, 0.3) is 10.3 Å². The molecular formula is C27H24FN7O4S. The number of thiophene rings is 1. The van der Waals surface area contributed by atoms with Gasteiger partial charge in [0.1, 0.15) is 40.1 Å². The normalized spacial score (nSPS) is 16.6. The second-order valence-electron chi connectivity index (χ2n) is 9.38. The fourth-order valence-corrected chi connectivity index (χ4v) is 5.38. The first-order valence-electron chi connectivity index (χ1n) is 12.6. The Kier molecular flexibility index (Phi) is 7.02. The number of carbonyl (C=O) groups is 1. The molecule has 6 rings (SSSR count). The molecule has 1 saturated heterocycles. The Balaban J connectivity index is 1.12. The number of pyridine rings is 1. The third-order valence-electron chi connectivity index (χ3n) is 6.76. The van der Waals surface area contributed by atoms with Crippen molar-refractivity contribution in [3.63, 3.8) is 0 Å². The van der Waals surface area contributed by atoms with Crippen molar-refractivity contribution >= 4 is 39.8 Å². The summed E-state index contributed by atoms with van der Waals surface area (Å²) in [6.07, 6.45) is 2.76. The first-order valence-corrected chi connectivity index (χ1v) is 13.5. The topological polar surface area (TPSA) is 129 Å². The number of fused-ring (bicyclic) bond motifs is 1. The average Bonchev–Trinajstić information content (AvgIpc) is 3.49. The maximum Gasteiger partial charge on any atom is 0.346 e. The number of carboxylic acid groups (broad SMARTS) is 1. The first kappa shape index (κ1) is 25.7. The van der Waals surface area contributed by atoms with Crippen LogP contribution in [0.5, 0.6) is 5.88 Å². The van der Waals surface area contributed by atoms with Crippen molar-refractivity contribution in [2.75, 3.05) is 24.6 Å². The van der Waals surface area contributed by atoms with Gasteiger partial charge >= 0.3 is 5.97 Å². The number of aromatic nitrogens is 3. The summed E-state index contributed by atoms with van der Waals surface area (Å²) in [5.74, 6) is 0.343. The maximum atomic E-state index is 14.2. The molecule has 5 heterocycles. The lowest BCUT2D eigenvalue weighted by Crippen LogP contribution is -2.38. The highest BCUT2D eigenvalue weighted by molar-refractivity contribution is 7.20. The molecule has 0 bridgehead atoms. The van der Waals surface area contributed by atoms with E-state index in [4.69, 9.17) is 19.7 Å². The quantitative estimate of drug-likeness (QED) is 0.324. The van der Waals surface area contributed by atoms with E-state index in [1.54, 1.807) is 24.5 Å².